The highest BCUT2D eigenvalue weighted by molar-refractivity contribution is 6.35. The van der Waals surface area contributed by atoms with Crippen LogP contribution in [0.5, 0.6) is 0 Å². The minimum Gasteiger partial charge on any atom is -0.465 e. The van der Waals surface area contributed by atoms with Crippen LogP contribution in [-0.2, 0) is 4.74 Å². The summed E-state index contributed by atoms with van der Waals surface area (Å²) in [6, 6.07) is 6.42. The van der Waals surface area contributed by atoms with Gasteiger partial charge in [-0.3, -0.25) is 4.98 Å². The number of hydrogen-bond acceptors (Lipinski definition) is 4. The van der Waals surface area contributed by atoms with Crippen LogP contribution in [0.1, 0.15) is 10.4 Å². The van der Waals surface area contributed by atoms with Crippen LogP contribution < -0.4 is 5.73 Å². The molecular formula is C13H10Cl2N2O2. The molecule has 0 saturated heterocycles. The summed E-state index contributed by atoms with van der Waals surface area (Å²) in [5, 5.41) is 0.931. The Morgan fingerprint density at radius 1 is 1.32 bits per heavy atom. The number of anilines is 1. The highest BCUT2D eigenvalue weighted by Crippen LogP contribution is 2.32. The minimum absolute atomic E-state index is 0.242. The topological polar surface area (TPSA) is 65.2 Å². The Labute approximate surface area is 120 Å². The van der Waals surface area contributed by atoms with Crippen molar-refractivity contribution in [3.8, 4) is 11.3 Å². The first kappa shape index (κ1) is 13.6. The molecule has 4 nitrogen and oxygen atoms in total. The molecule has 0 atom stereocenters. The zero-order chi connectivity index (χ0) is 14.0. The number of halogens is 2. The standard InChI is InChI=1S/C13H10Cl2N2O2/c1-19-13(18)10-5-8(16)6-17-12(10)9-4-7(14)2-3-11(9)15/h2-6H,16H2,1H3. The summed E-state index contributed by atoms with van der Waals surface area (Å²) in [6.07, 6.45) is 1.44. The van der Waals surface area contributed by atoms with E-state index >= 15 is 0 Å². The van der Waals surface area contributed by atoms with Crippen LogP contribution in [0.25, 0.3) is 11.3 Å². The van der Waals surface area contributed by atoms with Gasteiger partial charge in [-0.1, -0.05) is 23.2 Å². The van der Waals surface area contributed by atoms with Gasteiger partial charge in [0.05, 0.1) is 35.3 Å². The smallest absolute Gasteiger partial charge is 0.340 e. The number of nitrogens with two attached hydrogens (primary N) is 1. The van der Waals surface area contributed by atoms with E-state index in [4.69, 9.17) is 33.7 Å². The number of carbonyl (C=O) groups is 1. The fraction of sp³-hybridized carbons (Fsp3) is 0.0769. The van der Waals surface area contributed by atoms with Gasteiger partial charge in [0.15, 0.2) is 0 Å². The molecule has 1 heterocycles. The van der Waals surface area contributed by atoms with Gasteiger partial charge in [-0.15, -0.1) is 0 Å². The molecule has 0 aliphatic rings. The molecule has 0 saturated carbocycles. The molecule has 0 aliphatic heterocycles. The van der Waals surface area contributed by atoms with E-state index in [9.17, 15) is 4.79 Å². The number of aromatic nitrogens is 1. The van der Waals surface area contributed by atoms with Crippen molar-refractivity contribution < 1.29 is 9.53 Å². The second-order valence-corrected chi connectivity index (χ2v) is 4.62. The molecule has 1 aromatic heterocycles. The van der Waals surface area contributed by atoms with Gasteiger partial charge in [0.2, 0.25) is 0 Å². The number of benzene rings is 1. The van der Waals surface area contributed by atoms with E-state index in [2.05, 4.69) is 4.98 Å². The summed E-state index contributed by atoms with van der Waals surface area (Å²) in [7, 11) is 1.29. The third-order valence-corrected chi connectivity index (χ3v) is 3.06. The van der Waals surface area contributed by atoms with E-state index < -0.39 is 5.97 Å². The average Bonchev–Trinajstić information content (AvgIpc) is 2.41. The number of nitrogen functional groups attached to an aromatic ring is 1. The van der Waals surface area contributed by atoms with Crippen molar-refractivity contribution in [3.05, 3.63) is 46.1 Å². The Morgan fingerprint density at radius 3 is 2.74 bits per heavy atom. The number of rotatable bonds is 2. The number of ether oxygens (including phenoxy) is 1. The van der Waals surface area contributed by atoms with E-state index in [1.165, 1.54) is 19.4 Å². The fourth-order valence-corrected chi connectivity index (χ4v) is 2.02. The zero-order valence-corrected chi connectivity index (χ0v) is 11.5. The lowest BCUT2D eigenvalue weighted by atomic mass is 10.1. The third-order valence-electron chi connectivity index (χ3n) is 2.50. The molecule has 0 spiro atoms. The van der Waals surface area contributed by atoms with Crippen molar-refractivity contribution in [2.75, 3.05) is 12.8 Å². The molecule has 6 heteroatoms. The molecule has 0 bridgehead atoms. The maximum atomic E-state index is 11.8. The number of carbonyl (C=O) groups excluding carboxylic acids is 1. The zero-order valence-electron chi connectivity index (χ0n) is 9.98. The lowest BCUT2D eigenvalue weighted by Crippen LogP contribution is -2.06. The molecule has 0 fully saturated rings. The van der Waals surface area contributed by atoms with E-state index in [0.717, 1.165) is 0 Å². The second-order valence-electron chi connectivity index (χ2n) is 3.78. The van der Waals surface area contributed by atoms with E-state index in [-0.39, 0.29) is 5.56 Å². The summed E-state index contributed by atoms with van der Waals surface area (Å²) in [5.74, 6) is -0.536. The van der Waals surface area contributed by atoms with E-state index in [1.807, 2.05) is 0 Å². The van der Waals surface area contributed by atoms with Crippen LogP contribution in [0.15, 0.2) is 30.5 Å². The average molecular weight is 297 g/mol. The Morgan fingerprint density at radius 2 is 2.05 bits per heavy atom. The number of pyridine rings is 1. The summed E-state index contributed by atoms with van der Waals surface area (Å²) in [6.45, 7) is 0. The van der Waals surface area contributed by atoms with Gasteiger partial charge < -0.3 is 10.5 Å². The van der Waals surface area contributed by atoms with Crippen molar-refractivity contribution in [1.82, 2.24) is 4.98 Å². The summed E-state index contributed by atoms with van der Waals surface area (Å²) >= 11 is 12.0. The first-order chi connectivity index (χ1) is 9.02. The summed E-state index contributed by atoms with van der Waals surface area (Å²) in [5.41, 5.74) is 7.18. The van der Waals surface area contributed by atoms with Crippen LogP contribution in [0.2, 0.25) is 10.0 Å². The van der Waals surface area contributed by atoms with Crippen molar-refractivity contribution in [2.45, 2.75) is 0 Å². The number of methoxy groups -OCH3 is 1. The molecule has 0 radical (unpaired) electrons. The fourth-order valence-electron chi connectivity index (χ4n) is 1.64. The Kier molecular flexibility index (Phi) is 3.93. The molecular weight excluding hydrogens is 287 g/mol. The number of hydrogen-bond donors (Lipinski definition) is 1. The van der Waals surface area contributed by atoms with Crippen LogP contribution in [0, 0.1) is 0 Å². The van der Waals surface area contributed by atoms with Crippen LogP contribution >= 0.6 is 23.2 Å². The van der Waals surface area contributed by atoms with Gasteiger partial charge in [0, 0.05) is 10.6 Å². The predicted octanol–water partition coefficient (Wildman–Crippen LogP) is 3.42. The lowest BCUT2D eigenvalue weighted by Gasteiger charge is -2.10. The van der Waals surface area contributed by atoms with Gasteiger partial charge in [-0.05, 0) is 24.3 Å². The monoisotopic (exact) mass is 296 g/mol. The van der Waals surface area contributed by atoms with Crippen LogP contribution in [-0.4, -0.2) is 18.1 Å². The van der Waals surface area contributed by atoms with Crippen LogP contribution in [0.3, 0.4) is 0 Å². The highest BCUT2D eigenvalue weighted by atomic mass is 35.5. The summed E-state index contributed by atoms with van der Waals surface area (Å²) < 4.78 is 4.71. The van der Waals surface area contributed by atoms with Gasteiger partial charge >= 0.3 is 5.97 Å². The van der Waals surface area contributed by atoms with Crippen LogP contribution in [0.4, 0.5) is 5.69 Å². The number of esters is 1. The maximum absolute atomic E-state index is 11.8. The van der Waals surface area contributed by atoms with Crippen molar-refractivity contribution in [3.63, 3.8) is 0 Å². The normalized spacial score (nSPS) is 10.3. The predicted molar refractivity (Wildman–Crippen MR) is 75.4 cm³/mol. The largest absolute Gasteiger partial charge is 0.465 e. The van der Waals surface area contributed by atoms with Gasteiger partial charge in [-0.25, -0.2) is 4.79 Å². The van der Waals surface area contributed by atoms with E-state index in [0.29, 0.717) is 27.0 Å². The first-order valence-corrected chi connectivity index (χ1v) is 6.07. The van der Waals surface area contributed by atoms with Gasteiger partial charge in [0.1, 0.15) is 0 Å². The van der Waals surface area contributed by atoms with E-state index in [1.54, 1.807) is 18.2 Å². The number of nitrogens with zero attached hydrogens (tertiary/aromatic N) is 1. The first-order valence-electron chi connectivity index (χ1n) is 5.32. The molecule has 19 heavy (non-hydrogen) atoms. The minimum atomic E-state index is -0.536. The molecule has 0 aliphatic carbocycles. The van der Waals surface area contributed by atoms with Crippen molar-refractivity contribution in [2.24, 2.45) is 0 Å². The molecule has 1 aromatic carbocycles. The molecule has 0 amide bonds. The van der Waals surface area contributed by atoms with Crippen molar-refractivity contribution in [1.29, 1.82) is 0 Å². The molecule has 98 valence electrons. The lowest BCUT2D eigenvalue weighted by molar-refractivity contribution is 0.0601. The quantitative estimate of drug-likeness (QED) is 0.862. The molecule has 0 unspecified atom stereocenters. The third kappa shape index (κ3) is 2.80. The Hall–Kier alpha value is -1.78. The SMILES string of the molecule is COC(=O)c1cc(N)cnc1-c1cc(Cl)ccc1Cl. The van der Waals surface area contributed by atoms with Gasteiger partial charge in [0.25, 0.3) is 0 Å². The maximum Gasteiger partial charge on any atom is 0.340 e. The summed E-state index contributed by atoms with van der Waals surface area (Å²) in [4.78, 5) is 15.9. The highest BCUT2D eigenvalue weighted by Gasteiger charge is 2.17. The van der Waals surface area contributed by atoms with Gasteiger partial charge in [-0.2, -0.15) is 0 Å². The second kappa shape index (κ2) is 5.47. The Balaban J connectivity index is 2.68. The van der Waals surface area contributed by atoms with Crippen molar-refractivity contribution >= 4 is 34.9 Å². The Bertz CT molecular complexity index is 645. The molecule has 2 aromatic rings. The molecule has 2 N–H and O–H groups in total. The molecule has 2 rings (SSSR count).